The quantitative estimate of drug-likeness (QED) is 0.413. The highest BCUT2D eigenvalue weighted by molar-refractivity contribution is 6.34. The molecule has 0 radical (unpaired) electrons. The smallest absolute Gasteiger partial charge is 0.150 e. The molecule has 0 atom stereocenters. The van der Waals surface area contributed by atoms with Crippen LogP contribution in [0.15, 0.2) is 18.2 Å². The molecule has 10 heavy (non-hydrogen) atoms. The summed E-state index contributed by atoms with van der Waals surface area (Å²) < 4.78 is 0. The zero-order valence-electron chi connectivity index (χ0n) is 5.66. The molecule has 0 unspecified atom stereocenters. The first-order chi connectivity index (χ1) is 4.74. The second-order valence-corrected chi connectivity index (χ2v) is 2.16. The highest BCUT2D eigenvalue weighted by atomic mass is 16.3. The molecule has 0 heterocycles. The Hall–Kier alpha value is -1.25. The number of aromatic hydroxyl groups is 1. The van der Waals surface area contributed by atoms with E-state index in [1.807, 2.05) is 0 Å². The fraction of sp³-hybridized carbons (Fsp3) is 0. The van der Waals surface area contributed by atoms with Crippen LogP contribution in [0.2, 0.25) is 0 Å². The van der Waals surface area contributed by atoms with Gasteiger partial charge in [-0.2, -0.15) is 0 Å². The van der Waals surface area contributed by atoms with Crippen LogP contribution in [-0.4, -0.2) is 19.2 Å². The van der Waals surface area contributed by atoms with Crippen molar-refractivity contribution in [1.29, 1.82) is 0 Å². The lowest BCUT2D eigenvalue weighted by Crippen LogP contribution is -2.03. The number of phenolic OH excluding ortho intramolecular Hbond substituents is 1. The van der Waals surface area contributed by atoms with Crippen molar-refractivity contribution in [3.05, 3.63) is 23.8 Å². The van der Waals surface area contributed by atoms with Gasteiger partial charge in [0.15, 0.2) is 0 Å². The Balaban J connectivity index is 3.16. The number of rotatable bonds is 1. The fourth-order valence-corrected chi connectivity index (χ4v) is 0.752. The van der Waals surface area contributed by atoms with E-state index in [9.17, 15) is 4.79 Å². The van der Waals surface area contributed by atoms with Gasteiger partial charge in [-0.05, 0) is 17.6 Å². The topological polar surface area (TPSA) is 37.3 Å². The van der Waals surface area contributed by atoms with Gasteiger partial charge in [-0.15, -0.1) is 0 Å². The van der Waals surface area contributed by atoms with Crippen molar-refractivity contribution >= 4 is 19.6 Å². The van der Waals surface area contributed by atoms with E-state index in [1.54, 1.807) is 20.0 Å². The van der Waals surface area contributed by atoms with E-state index in [2.05, 4.69) is 0 Å². The van der Waals surface area contributed by atoms with Gasteiger partial charge in [-0.25, -0.2) is 0 Å². The minimum Gasteiger partial charge on any atom is -0.509 e. The van der Waals surface area contributed by atoms with Crippen LogP contribution in [0.25, 0.3) is 0 Å². The molecule has 0 bridgehead atoms. The van der Waals surface area contributed by atoms with Crippen LogP contribution in [0.5, 0.6) is 5.75 Å². The predicted molar refractivity (Wildman–Crippen MR) is 41.7 cm³/mol. The summed E-state index contributed by atoms with van der Waals surface area (Å²) in [6.45, 7) is 0. The standard InChI is InChI=1S/C7H7BO2/c8-6-3-5(4-9)1-2-7(6)10/h1-4,10H,8H2. The average Bonchev–Trinajstić information content (AvgIpc) is 1.95. The molecule has 1 aromatic carbocycles. The SMILES string of the molecule is Bc1cc(C=O)ccc1O. The molecular formula is C7H7BO2. The molecule has 0 aliphatic rings. The van der Waals surface area contributed by atoms with Crippen LogP contribution in [0.4, 0.5) is 0 Å². The van der Waals surface area contributed by atoms with E-state index < -0.39 is 0 Å². The molecule has 50 valence electrons. The largest absolute Gasteiger partial charge is 0.509 e. The first-order valence-electron chi connectivity index (χ1n) is 2.99. The van der Waals surface area contributed by atoms with Gasteiger partial charge < -0.3 is 5.11 Å². The lowest BCUT2D eigenvalue weighted by atomic mass is 9.93. The molecule has 1 aromatic rings. The minimum absolute atomic E-state index is 0.227. The van der Waals surface area contributed by atoms with Gasteiger partial charge in [0.25, 0.3) is 0 Å². The summed E-state index contributed by atoms with van der Waals surface area (Å²) in [5.41, 5.74) is 1.32. The first-order valence-corrected chi connectivity index (χ1v) is 2.99. The van der Waals surface area contributed by atoms with E-state index in [0.29, 0.717) is 5.56 Å². The average molecular weight is 134 g/mol. The molecule has 0 aromatic heterocycles. The molecule has 0 aliphatic heterocycles. The molecule has 3 heteroatoms. The number of hydrogen-bond acceptors (Lipinski definition) is 2. The van der Waals surface area contributed by atoms with Crippen LogP contribution in [0, 0.1) is 0 Å². The number of phenols is 1. The predicted octanol–water partition coefficient (Wildman–Crippen LogP) is -0.537. The third-order valence-electron chi connectivity index (χ3n) is 1.36. The van der Waals surface area contributed by atoms with Crippen LogP contribution < -0.4 is 5.46 Å². The molecule has 2 nitrogen and oxygen atoms in total. The summed E-state index contributed by atoms with van der Waals surface area (Å²) in [4.78, 5) is 10.2. The number of carbonyl (C=O) groups excluding carboxylic acids is 1. The van der Waals surface area contributed by atoms with Crippen molar-refractivity contribution in [2.24, 2.45) is 0 Å². The Kier molecular flexibility index (Phi) is 1.76. The summed E-state index contributed by atoms with van der Waals surface area (Å²) in [5, 5.41) is 9.02. The highest BCUT2D eigenvalue weighted by Gasteiger charge is 1.94. The molecule has 0 spiro atoms. The Morgan fingerprint density at radius 1 is 1.50 bits per heavy atom. The number of carbonyl (C=O) groups is 1. The molecule has 0 fully saturated rings. The van der Waals surface area contributed by atoms with Crippen LogP contribution in [-0.2, 0) is 0 Å². The molecule has 0 saturated carbocycles. The summed E-state index contributed by atoms with van der Waals surface area (Å²) in [5.74, 6) is 0.227. The molecule has 0 amide bonds. The lowest BCUT2D eigenvalue weighted by Gasteiger charge is -1.96. The Labute approximate surface area is 59.9 Å². The Bertz CT molecular complexity index is 258. The summed E-state index contributed by atoms with van der Waals surface area (Å²) in [7, 11) is 1.75. The van der Waals surface area contributed by atoms with Crippen molar-refractivity contribution in [2.75, 3.05) is 0 Å². The van der Waals surface area contributed by atoms with Gasteiger partial charge in [0.05, 0.1) is 0 Å². The summed E-state index contributed by atoms with van der Waals surface area (Å²) >= 11 is 0. The maximum Gasteiger partial charge on any atom is 0.150 e. The zero-order chi connectivity index (χ0) is 7.56. The lowest BCUT2D eigenvalue weighted by molar-refractivity contribution is 0.112. The second kappa shape index (κ2) is 2.56. The molecular weight excluding hydrogens is 127 g/mol. The second-order valence-electron chi connectivity index (χ2n) is 2.16. The van der Waals surface area contributed by atoms with Crippen molar-refractivity contribution in [1.82, 2.24) is 0 Å². The normalized spacial score (nSPS) is 9.20. The van der Waals surface area contributed by atoms with Crippen LogP contribution in [0.3, 0.4) is 0 Å². The van der Waals surface area contributed by atoms with Gasteiger partial charge in [0, 0.05) is 5.56 Å². The van der Waals surface area contributed by atoms with E-state index >= 15 is 0 Å². The van der Waals surface area contributed by atoms with Crippen LogP contribution in [0.1, 0.15) is 10.4 Å². The van der Waals surface area contributed by atoms with Crippen molar-refractivity contribution in [2.45, 2.75) is 0 Å². The van der Waals surface area contributed by atoms with Gasteiger partial charge in [-0.3, -0.25) is 4.79 Å². The minimum atomic E-state index is 0.227. The van der Waals surface area contributed by atoms with E-state index in [0.717, 1.165) is 11.7 Å². The van der Waals surface area contributed by atoms with Gasteiger partial charge >= 0.3 is 0 Å². The monoisotopic (exact) mass is 134 g/mol. The third-order valence-corrected chi connectivity index (χ3v) is 1.36. The van der Waals surface area contributed by atoms with Gasteiger partial charge in [0.1, 0.15) is 19.9 Å². The summed E-state index contributed by atoms with van der Waals surface area (Å²) in [6.07, 6.45) is 0.756. The molecule has 1 N–H and O–H groups in total. The van der Waals surface area contributed by atoms with Crippen molar-refractivity contribution < 1.29 is 9.90 Å². The first kappa shape index (κ1) is 6.87. The van der Waals surface area contributed by atoms with Crippen molar-refractivity contribution in [3.8, 4) is 5.75 Å². The molecule has 1 rings (SSSR count). The summed E-state index contributed by atoms with van der Waals surface area (Å²) in [6, 6.07) is 4.73. The Morgan fingerprint density at radius 2 is 2.20 bits per heavy atom. The van der Waals surface area contributed by atoms with Gasteiger partial charge in [0.2, 0.25) is 0 Å². The Morgan fingerprint density at radius 3 is 2.70 bits per heavy atom. The fourth-order valence-electron chi connectivity index (χ4n) is 0.752. The van der Waals surface area contributed by atoms with E-state index in [-0.39, 0.29) is 5.75 Å². The molecule has 0 saturated heterocycles. The van der Waals surface area contributed by atoms with Crippen molar-refractivity contribution in [3.63, 3.8) is 0 Å². The van der Waals surface area contributed by atoms with E-state index in [1.165, 1.54) is 6.07 Å². The van der Waals surface area contributed by atoms with E-state index in [4.69, 9.17) is 5.11 Å². The zero-order valence-corrected chi connectivity index (χ0v) is 5.66. The van der Waals surface area contributed by atoms with Gasteiger partial charge in [-0.1, -0.05) is 6.07 Å². The maximum absolute atomic E-state index is 10.2. The number of hydrogen-bond donors (Lipinski definition) is 1. The number of benzene rings is 1. The van der Waals surface area contributed by atoms with Crippen LogP contribution >= 0.6 is 0 Å². The third kappa shape index (κ3) is 1.18. The maximum atomic E-state index is 10.2. The highest BCUT2D eigenvalue weighted by Crippen LogP contribution is 2.03. The molecule has 0 aliphatic carbocycles. The number of aldehydes is 1.